The predicted octanol–water partition coefficient (Wildman–Crippen LogP) is 3.64. The Morgan fingerprint density at radius 1 is 1.25 bits per heavy atom. The fraction of sp³-hybridized carbons (Fsp3) is 0.500. The first-order valence-electron chi connectivity index (χ1n) is 7.31. The van der Waals surface area contributed by atoms with E-state index in [-0.39, 0.29) is 11.5 Å². The highest BCUT2D eigenvalue weighted by Crippen LogP contribution is 2.50. The second kappa shape index (κ2) is 4.42. The summed E-state index contributed by atoms with van der Waals surface area (Å²) in [7, 11) is 0. The molecule has 4 heteroatoms. The summed E-state index contributed by atoms with van der Waals surface area (Å²) in [5.74, 6) is 1.31. The molecular formula is C16H18N2O2. The summed E-state index contributed by atoms with van der Waals surface area (Å²) in [4.78, 5) is 4.56. The second-order valence-electron chi connectivity index (χ2n) is 6.07. The van der Waals surface area contributed by atoms with E-state index in [0.717, 1.165) is 25.0 Å². The summed E-state index contributed by atoms with van der Waals surface area (Å²) >= 11 is 0. The average Bonchev–Trinajstić information content (AvgIpc) is 2.92. The molecule has 1 aromatic carbocycles. The molecule has 104 valence electrons. The van der Waals surface area contributed by atoms with Crippen LogP contribution in [0.15, 0.2) is 28.8 Å². The second-order valence-corrected chi connectivity index (χ2v) is 6.07. The zero-order valence-corrected chi connectivity index (χ0v) is 11.6. The summed E-state index contributed by atoms with van der Waals surface area (Å²) < 4.78 is 11.1. The molecule has 1 aromatic heterocycles. The molecule has 1 unspecified atom stereocenters. The van der Waals surface area contributed by atoms with Gasteiger partial charge in [0.2, 0.25) is 5.82 Å². The van der Waals surface area contributed by atoms with Crippen LogP contribution in [0.2, 0.25) is 0 Å². The monoisotopic (exact) mass is 270 g/mol. The molecule has 0 bridgehead atoms. The van der Waals surface area contributed by atoms with E-state index in [1.54, 1.807) is 0 Å². The fourth-order valence-electron chi connectivity index (χ4n) is 2.91. The van der Waals surface area contributed by atoms with Crippen molar-refractivity contribution in [3.8, 4) is 11.5 Å². The Morgan fingerprint density at radius 3 is 2.85 bits per heavy atom. The number of aromatic nitrogens is 2. The van der Waals surface area contributed by atoms with E-state index >= 15 is 0 Å². The predicted molar refractivity (Wildman–Crippen MR) is 74.2 cm³/mol. The van der Waals surface area contributed by atoms with Crippen LogP contribution in [-0.2, 0) is 10.2 Å². The van der Waals surface area contributed by atoms with Crippen molar-refractivity contribution in [2.24, 2.45) is 0 Å². The van der Waals surface area contributed by atoms with Crippen molar-refractivity contribution in [3.05, 3.63) is 35.7 Å². The van der Waals surface area contributed by atoms with Crippen LogP contribution in [0.5, 0.6) is 0 Å². The van der Waals surface area contributed by atoms with Crippen molar-refractivity contribution in [2.75, 3.05) is 6.61 Å². The lowest BCUT2D eigenvalue weighted by Gasteiger charge is -2.12. The molecule has 1 aliphatic carbocycles. The number of rotatable bonds is 3. The molecule has 1 saturated carbocycles. The van der Waals surface area contributed by atoms with Gasteiger partial charge in [0.05, 0.1) is 0 Å². The Hall–Kier alpha value is -1.68. The van der Waals surface area contributed by atoms with E-state index in [0.29, 0.717) is 11.7 Å². The Kier molecular flexibility index (Phi) is 2.67. The normalized spacial score (nSPS) is 23.9. The first-order valence-corrected chi connectivity index (χ1v) is 7.31. The standard InChI is InChI=1S/C16H18N2O2/c1-16(8-9-16)12-6-3-2-5-11(12)15-17-14(18-20-15)13-7-4-10-19-13/h2-3,5-6,13H,4,7-10H2,1H3. The molecular weight excluding hydrogens is 252 g/mol. The number of ether oxygens (including phenoxy) is 1. The molecule has 2 heterocycles. The van der Waals surface area contributed by atoms with E-state index in [9.17, 15) is 0 Å². The van der Waals surface area contributed by atoms with Gasteiger partial charge >= 0.3 is 0 Å². The molecule has 4 rings (SSSR count). The summed E-state index contributed by atoms with van der Waals surface area (Å²) in [5.41, 5.74) is 2.68. The molecule has 2 fully saturated rings. The topological polar surface area (TPSA) is 48.2 Å². The van der Waals surface area contributed by atoms with Crippen molar-refractivity contribution < 1.29 is 9.26 Å². The maximum absolute atomic E-state index is 5.61. The van der Waals surface area contributed by atoms with Gasteiger partial charge in [0.25, 0.3) is 5.89 Å². The maximum Gasteiger partial charge on any atom is 0.258 e. The summed E-state index contributed by atoms with van der Waals surface area (Å²) in [6.07, 6.45) is 4.53. The lowest BCUT2D eigenvalue weighted by atomic mass is 9.93. The molecule has 1 saturated heterocycles. The number of hydrogen-bond acceptors (Lipinski definition) is 4. The van der Waals surface area contributed by atoms with Crippen LogP contribution in [0.1, 0.15) is 50.1 Å². The smallest absolute Gasteiger partial charge is 0.258 e. The van der Waals surface area contributed by atoms with Crippen LogP contribution >= 0.6 is 0 Å². The lowest BCUT2D eigenvalue weighted by molar-refractivity contribution is 0.103. The highest BCUT2D eigenvalue weighted by atomic mass is 16.5. The lowest BCUT2D eigenvalue weighted by Crippen LogP contribution is -2.02. The van der Waals surface area contributed by atoms with Crippen LogP contribution in [0.4, 0.5) is 0 Å². The first kappa shape index (κ1) is 12.1. The average molecular weight is 270 g/mol. The molecule has 0 radical (unpaired) electrons. The SMILES string of the molecule is CC1(c2ccccc2-c2nc(C3CCCO3)no2)CC1. The summed E-state index contributed by atoms with van der Waals surface area (Å²) in [6.45, 7) is 3.09. The van der Waals surface area contributed by atoms with E-state index in [1.165, 1.54) is 18.4 Å². The van der Waals surface area contributed by atoms with Crippen molar-refractivity contribution >= 4 is 0 Å². The van der Waals surface area contributed by atoms with E-state index in [4.69, 9.17) is 9.26 Å². The molecule has 20 heavy (non-hydrogen) atoms. The number of hydrogen-bond donors (Lipinski definition) is 0. The van der Waals surface area contributed by atoms with Crippen LogP contribution in [0.25, 0.3) is 11.5 Å². The van der Waals surface area contributed by atoms with Gasteiger partial charge in [-0.15, -0.1) is 0 Å². The minimum absolute atomic E-state index is 0.0103. The molecule has 0 N–H and O–H groups in total. The molecule has 2 aliphatic rings. The van der Waals surface area contributed by atoms with Gasteiger partial charge in [-0.05, 0) is 42.7 Å². The Balaban J connectivity index is 1.71. The Bertz CT molecular complexity index is 625. The van der Waals surface area contributed by atoms with Crippen molar-refractivity contribution in [3.63, 3.8) is 0 Å². The van der Waals surface area contributed by atoms with E-state index in [2.05, 4.69) is 35.3 Å². The molecule has 4 nitrogen and oxygen atoms in total. The van der Waals surface area contributed by atoms with Gasteiger partial charge in [-0.3, -0.25) is 0 Å². The van der Waals surface area contributed by atoms with Gasteiger partial charge in [-0.25, -0.2) is 0 Å². The highest BCUT2D eigenvalue weighted by molar-refractivity contribution is 5.62. The van der Waals surface area contributed by atoms with E-state index in [1.807, 2.05) is 6.07 Å². The van der Waals surface area contributed by atoms with Gasteiger partial charge in [0.15, 0.2) is 0 Å². The summed E-state index contributed by atoms with van der Waals surface area (Å²) in [5, 5.41) is 4.11. The largest absolute Gasteiger partial charge is 0.370 e. The minimum atomic E-state index is 0.0103. The molecule has 1 atom stereocenters. The third-order valence-corrected chi connectivity index (χ3v) is 4.47. The Labute approximate surface area is 118 Å². The maximum atomic E-state index is 5.61. The first-order chi connectivity index (χ1) is 9.76. The Morgan fingerprint density at radius 2 is 2.10 bits per heavy atom. The molecule has 2 aromatic rings. The fourth-order valence-corrected chi connectivity index (χ4v) is 2.91. The quantitative estimate of drug-likeness (QED) is 0.854. The number of benzene rings is 1. The molecule has 0 amide bonds. The van der Waals surface area contributed by atoms with Crippen LogP contribution < -0.4 is 0 Å². The van der Waals surface area contributed by atoms with Gasteiger partial charge in [-0.2, -0.15) is 4.98 Å². The summed E-state index contributed by atoms with van der Waals surface area (Å²) in [6, 6.07) is 8.37. The van der Waals surface area contributed by atoms with Crippen molar-refractivity contribution in [1.29, 1.82) is 0 Å². The highest BCUT2D eigenvalue weighted by Gasteiger charge is 2.41. The van der Waals surface area contributed by atoms with Crippen molar-refractivity contribution in [2.45, 2.75) is 44.1 Å². The van der Waals surface area contributed by atoms with Crippen LogP contribution in [0.3, 0.4) is 0 Å². The van der Waals surface area contributed by atoms with Gasteiger partial charge < -0.3 is 9.26 Å². The van der Waals surface area contributed by atoms with Crippen LogP contribution in [-0.4, -0.2) is 16.7 Å². The molecule has 0 spiro atoms. The van der Waals surface area contributed by atoms with Gasteiger partial charge in [0.1, 0.15) is 6.10 Å². The molecule has 1 aliphatic heterocycles. The zero-order chi connectivity index (χ0) is 13.6. The third kappa shape index (κ3) is 1.95. The minimum Gasteiger partial charge on any atom is -0.370 e. The van der Waals surface area contributed by atoms with Gasteiger partial charge in [0, 0.05) is 12.2 Å². The van der Waals surface area contributed by atoms with Crippen LogP contribution in [0, 0.1) is 0 Å². The number of nitrogens with zero attached hydrogens (tertiary/aromatic N) is 2. The third-order valence-electron chi connectivity index (χ3n) is 4.47. The zero-order valence-electron chi connectivity index (χ0n) is 11.6. The van der Waals surface area contributed by atoms with Crippen molar-refractivity contribution in [1.82, 2.24) is 10.1 Å². The van der Waals surface area contributed by atoms with E-state index < -0.39 is 0 Å². The van der Waals surface area contributed by atoms with Gasteiger partial charge in [-0.1, -0.05) is 30.3 Å².